The second kappa shape index (κ2) is 7.91. The maximum absolute atomic E-state index is 11.5. The second-order valence-corrected chi connectivity index (χ2v) is 5.23. The lowest BCUT2D eigenvalue weighted by molar-refractivity contribution is -0.117. The summed E-state index contributed by atoms with van der Waals surface area (Å²) in [5.74, 6) is -0.216. The van der Waals surface area contributed by atoms with Gasteiger partial charge < -0.3 is 11.1 Å². The predicted molar refractivity (Wildman–Crippen MR) is 78.4 cm³/mol. The molecule has 0 fully saturated rings. The summed E-state index contributed by atoms with van der Waals surface area (Å²) in [5, 5.41) is 5.25. The van der Waals surface area contributed by atoms with E-state index in [-0.39, 0.29) is 11.7 Å². The zero-order valence-corrected chi connectivity index (χ0v) is 12.1. The van der Waals surface area contributed by atoms with Crippen LogP contribution >= 0.6 is 23.4 Å². The number of nitrogens with one attached hydrogen (secondary N) is 2. The highest BCUT2D eigenvalue weighted by Gasteiger charge is 2.08. The zero-order valence-electron chi connectivity index (χ0n) is 10.5. The van der Waals surface area contributed by atoms with Gasteiger partial charge in [0.25, 0.3) is 0 Å². The minimum atomic E-state index is -0.470. The molecule has 0 saturated carbocycles. The largest absolute Gasteiger partial charge is 0.398 e. The highest BCUT2D eigenvalue weighted by Crippen LogP contribution is 2.26. The van der Waals surface area contributed by atoms with E-state index in [1.807, 2.05) is 6.92 Å². The minimum Gasteiger partial charge on any atom is -0.398 e. The van der Waals surface area contributed by atoms with Crippen LogP contribution in [0.4, 0.5) is 10.5 Å². The average molecular weight is 302 g/mol. The number of hydrogen-bond donors (Lipinski definition) is 3. The molecule has 4 N–H and O–H groups in total. The Morgan fingerprint density at radius 2 is 2.16 bits per heavy atom. The van der Waals surface area contributed by atoms with E-state index in [2.05, 4.69) is 10.6 Å². The van der Waals surface area contributed by atoms with Gasteiger partial charge in [0.05, 0.1) is 16.5 Å². The number of halogens is 1. The van der Waals surface area contributed by atoms with Crippen molar-refractivity contribution in [3.8, 4) is 0 Å². The normalized spacial score (nSPS) is 10.0. The third kappa shape index (κ3) is 5.85. The van der Waals surface area contributed by atoms with Crippen LogP contribution in [0.15, 0.2) is 23.1 Å². The third-order valence-electron chi connectivity index (χ3n) is 2.13. The summed E-state index contributed by atoms with van der Waals surface area (Å²) in [6.45, 7) is 2.47. The van der Waals surface area contributed by atoms with Gasteiger partial charge >= 0.3 is 6.03 Å². The van der Waals surface area contributed by atoms with Crippen molar-refractivity contribution in [2.75, 3.05) is 18.0 Å². The first kappa shape index (κ1) is 15.7. The number of urea groups is 1. The fourth-order valence-corrected chi connectivity index (χ4v) is 2.17. The summed E-state index contributed by atoms with van der Waals surface area (Å²) in [5.41, 5.74) is 6.08. The van der Waals surface area contributed by atoms with Crippen molar-refractivity contribution < 1.29 is 9.59 Å². The van der Waals surface area contributed by atoms with Crippen LogP contribution in [0.1, 0.15) is 13.3 Å². The Morgan fingerprint density at radius 3 is 2.79 bits per heavy atom. The van der Waals surface area contributed by atoms with Crippen molar-refractivity contribution >= 4 is 41.0 Å². The molecule has 0 saturated heterocycles. The summed E-state index contributed by atoms with van der Waals surface area (Å²) >= 11 is 7.15. The van der Waals surface area contributed by atoms with Crippen molar-refractivity contribution in [2.45, 2.75) is 18.2 Å². The topological polar surface area (TPSA) is 84.2 Å². The second-order valence-electron chi connectivity index (χ2n) is 3.78. The van der Waals surface area contributed by atoms with E-state index in [0.717, 1.165) is 11.3 Å². The Hall–Kier alpha value is -1.40. The van der Waals surface area contributed by atoms with Gasteiger partial charge in [-0.25, -0.2) is 4.79 Å². The lowest BCUT2D eigenvalue weighted by Gasteiger charge is -2.06. The molecule has 0 bridgehead atoms. The number of thioether (sulfide) groups is 1. The van der Waals surface area contributed by atoms with Gasteiger partial charge in [0.15, 0.2) is 0 Å². The molecule has 0 heterocycles. The molecular weight excluding hydrogens is 286 g/mol. The summed E-state index contributed by atoms with van der Waals surface area (Å²) in [6.07, 6.45) is 0.820. The summed E-state index contributed by atoms with van der Waals surface area (Å²) in [6, 6.07) is 4.67. The van der Waals surface area contributed by atoms with Gasteiger partial charge in [-0.3, -0.25) is 10.1 Å². The van der Waals surface area contributed by atoms with Crippen LogP contribution in [0.3, 0.4) is 0 Å². The van der Waals surface area contributed by atoms with Crippen LogP contribution in [-0.2, 0) is 4.79 Å². The Bertz CT molecular complexity index is 468. The van der Waals surface area contributed by atoms with Gasteiger partial charge in [-0.1, -0.05) is 18.5 Å². The summed E-state index contributed by atoms with van der Waals surface area (Å²) in [4.78, 5) is 23.5. The van der Waals surface area contributed by atoms with Crippen LogP contribution in [0.2, 0.25) is 5.02 Å². The van der Waals surface area contributed by atoms with Crippen LogP contribution in [0.5, 0.6) is 0 Å². The zero-order chi connectivity index (χ0) is 14.3. The fourth-order valence-electron chi connectivity index (χ4n) is 1.19. The molecule has 0 radical (unpaired) electrons. The van der Waals surface area contributed by atoms with Crippen LogP contribution in [0.25, 0.3) is 0 Å². The number of nitrogen functional groups attached to an aromatic ring is 1. The average Bonchev–Trinajstić information content (AvgIpc) is 2.38. The van der Waals surface area contributed by atoms with Gasteiger partial charge in [0.1, 0.15) is 0 Å². The maximum Gasteiger partial charge on any atom is 0.321 e. The molecule has 0 aromatic heterocycles. The van der Waals surface area contributed by atoms with E-state index >= 15 is 0 Å². The minimum absolute atomic E-state index is 0.139. The van der Waals surface area contributed by atoms with Crippen LogP contribution in [0, 0.1) is 0 Å². The number of imide groups is 1. The smallest absolute Gasteiger partial charge is 0.321 e. The van der Waals surface area contributed by atoms with Crippen molar-refractivity contribution in [2.24, 2.45) is 0 Å². The van der Waals surface area contributed by atoms with Crippen LogP contribution < -0.4 is 16.4 Å². The van der Waals surface area contributed by atoms with E-state index in [0.29, 0.717) is 17.3 Å². The van der Waals surface area contributed by atoms with E-state index < -0.39 is 6.03 Å². The van der Waals surface area contributed by atoms with Gasteiger partial charge in [-0.2, -0.15) is 0 Å². The van der Waals surface area contributed by atoms with Crippen molar-refractivity contribution in [3.05, 3.63) is 23.2 Å². The lowest BCUT2D eigenvalue weighted by Crippen LogP contribution is -2.40. The standard InChI is InChI=1S/C12H16ClN3O2S/c1-2-5-15-12(18)16-11(17)7-19-8-3-4-10(14)9(13)6-8/h3-4,6H,2,5,7,14H2,1H3,(H2,15,16,17,18). The monoisotopic (exact) mass is 301 g/mol. The SMILES string of the molecule is CCCNC(=O)NC(=O)CSc1ccc(N)c(Cl)c1. The Kier molecular flexibility index (Phi) is 6.52. The van der Waals surface area contributed by atoms with Crippen molar-refractivity contribution in [1.29, 1.82) is 0 Å². The van der Waals surface area contributed by atoms with E-state index in [9.17, 15) is 9.59 Å². The van der Waals surface area contributed by atoms with Gasteiger partial charge in [-0.15, -0.1) is 11.8 Å². The number of amides is 3. The van der Waals surface area contributed by atoms with E-state index in [4.69, 9.17) is 17.3 Å². The highest BCUT2D eigenvalue weighted by molar-refractivity contribution is 8.00. The molecule has 7 heteroatoms. The Labute approximate surface area is 121 Å². The van der Waals surface area contributed by atoms with Crippen molar-refractivity contribution in [1.82, 2.24) is 10.6 Å². The molecule has 0 aliphatic carbocycles. The molecule has 0 unspecified atom stereocenters. The van der Waals surface area contributed by atoms with Gasteiger partial charge in [0.2, 0.25) is 5.91 Å². The number of anilines is 1. The molecule has 0 spiro atoms. The number of carbonyl (C=O) groups is 2. The first-order valence-corrected chi connectivity index (χ1v) is 7.14. The Balaban J connectivity index is 2.37. The molecule has 3 amide bonds. The number of nitrogens with two attached hydrogens (primary N) is 1. The molecule has 5 nitrogen and oxygen atoms in total. The summed E-state index contributed by atoms with van der Waals surface area (Å²) < 4.78 is 0. The number of benzene rings is 1. The lowest BCUT2D eigenvalue weighted by atomic mass is 10.3. The molecule has 1 rings (SSSR count). The molecule has 0 aliphatic heterocycles. The highest BCUT2D eigenvalue weighted by atomic mass is 35.5. The molecule has 19 heavy (non-hydrogen) atoms. The van der Waals surface area contributed by atoms with Gasteiger partial charge in [0, 0.05) is 11.4 Å². The van der Waals surface area contributed by atoms with E-state index in [1.165, 1.54) is 11.8 Å². The molecule has 104 valence electrons. The third-order valence-corrected chi connectivity index (χ3v) is 3.45. The molecular formula is C12H16ClN3O2S. The van der Waals surface area contributed by atoms with Gasteiger partial charge in [-0.05, 0) is 24.6 Å². The molecule has 1 aromatic rings. The quantitative estimate of drug-likeness (QED) is 0.575. The van der Waals surface area contributed by atoms with Crippen molar-refractivity contribution in [3.63, 3.8) is 0 Å². The maximum atomic E-state index is 11.5. The fraction of sp³-hybridized carbons (Fsp3) is 0.333. The van der Waals surface area contributed by atoms with Crippen LogP contribution in [-0.4, -0.2) is 24.2 Å². The number of rotatable bonds is 5. The number of carbonyl (C=O) groups excluding carboxylic acids is 2. The Morgan fingerprint density at radius 1 is 1.42 bits per heavy atom. The summed E-state index contributed by atoms with van der Waals surface area (Å²) in [7, 11) is 0. The number of hydrogen-bond acceptors (Lipinski definition) is 4. The van der Waals surface area contributed by atoms with E-state index in [1.54, 1.807) is 18.2 Å². The molecule has 0 atom stereocenters. The first-order chi connectivity index (χ1) is 9.02. The molecule has 0 aliphatic rings. The predicted octanol–water partition coefficient (Wildman–Crippen LogP) is 2.25. The molecule has 1 aromatic carbocycles. The first-order valence-electron chi connectivity index (χ1n) is 5.78.